The van der Waals surface area contributed by atoms with Crippen molar-refractivity contribution in [1.82, 2.24) is 0 Å². The first-order valence-electron chi connectivity index (χ1n) is 8.65. The highest BCUT2D eigenvalue weighted by molar-refractivity contribution is 6.62. The van der Waals surface area contributed by atoms with Gasteiger partial charge >= 0.3 is 7.12 Å². The van der Waals surface area contributed by atoms with Gasteiger partial charge in [0.25, 0.3) is 0 Å². The molecule has 0 saturated carbocycles. The van der Waals surface area contributed by atoms with Crippen LogP contribution in [0.25, 0.3) is 0 Å². The molecule has 0 aliphatic carbocycles. The fourth-order valence-electron chi connectivity index (χ4n) is 3.07. The Bertz CT molecular complexity index is 704. The average Bonchev–Trinajstić information content (AvgIpc) is 2.76. The van der Waals surface area contributed by atoms with Gasteiger partial charge in [0, 0.05) is 5.41 Å². The Labute approximate surface area is 146 Å². The first-order chi connectivity index (χ1) is 11.1. The van der Waals surface area contributed by atoms with E-state index in [-0.39, 0.29) is 23.7 Å². The van der Waals surface area contributed by atoms with Crippen molar-refractivity contribution in [2.45, 2.75) is 58.2 Å². The lowest BCUT2D eigenvalue weighted by Crippen LogP contribution is -2.41. The Kier molecular flexibility index (Phi) is 4.13. The first-order valence-corrected chi connectivity index (χ1v) is 8.65. The number of benzene rings is 2. The molecule has 0 unspecified atom stereocenters. The molecule has 126 valence electrons. The smallest absolute Gasteiger partial charge is 0.399 e. The number of hydrogen-bond acceptors (Lipinski definition) is 2. The highest BCUT2D eigenvalue weighted by Gasteiger charge is 2.51. The van der Waals surface area contributed by atoms with Crippen molar-refractivity contribution in [2.24, 2.45) is 0 Å². The van der Waals surface area contributed by atoms with E-state index >= 15 is 0 Å². The lowest BCUT2D eigenvalue weighted by atomic mass is 9.73. The molecule has 24 heavy (non-hydrogen) atoms. The lowest BCUT2D eigenvalue weighted by Gasteiger charge is -2.32. The molecule has 0 amide bonds. The molecule has 3 heteroatoms. The first kappa shape index (κ1) is 17.3. The quantitative estimate of drug-likeness (QED) is 0.784. The molecule has 0 atom stereocenters. The van der Waals surface area contributed by atoms with Gasteiger partial charge < -0.3 is 9.31 Å². The maximum Gasteiger partial charge on any atom is 0.494 e. The summed E-state index contributed by atoms with van der Waals surface area (Å²) in [4.78, 5) is 0. The van der Waals surface area contributed by atoms with Crippen LogP contribution in [-0.4, -0.2) is 18.3 Å². The molecule has 1 saturated heterocycles. The fraction of sp³-hybridized carbons (Fsp3) is 0.429. The summed E-state index contributed by atoms with van der Waals surface area (Å²) in [7, 11) is -0.318. The van der Waals surface area contributed by atoms with Gasteiger partial charge in [0.05, 0.1) is 11.2 Å². The van der Waals surface area contributed by atoms with Crippen LogP contribution in [0.5, 0.6) is 0 Å². The van der Waals surface area contributed by atoms with E-state index < -0.39 is 0 Å². The summed E-state index contributed by atoms with van der Waals surface area (Å²) in [5.74, 6) is 0. The van der Waals surface area contributed by atoms with E-state index in [9.17, 15) is 0 Å². The molecule has 2 aromatic carbocycles. The van der Waals surface area contributed by atoms with Crippen LogP contribution in [-0.2, 0) is 14.7 Å². The van der Waals surface area contributed by atoms with Gasteiger partial charge in [0.1, 0.15) is 0 Å². The maximum atomic E-state index is 6.20. The van der Waals surface area contributed by atoms with Crippen LogP contribution in [0.3, 0.4) is 0 Å². The molecule has 0 aromatic heterocycles. The number of hydrogen-bond donors (Lipinski definition) is 0. The standard InChI is InChI=1S/C21H27BO2/c1-19(2,16-11-8-7-9-12-16)17-13-10-14-18(15-17)22-23-20(3,4)21(5,6)24-22/h7-15H,1-6H3. The Morgan fingerprint density at radius 1 is 0.750 bits per heavy atom. The minimum Gasteiger partial charge on any atom is -0.399 e. The molecule has 3 rings (SSSR count). The van der Waals surface area contributed by atoms with Crippen LogP contribution >= 0.6 is 0 Å². The Morgan fingerprint density at radius 2 is 1.29 bits per heavy atom. The van der Waals surface area contributed by atoms with Crippen molar-refractivity contribution in [3.05, 3.63) is 65.7 Å². The fourth-order valence-corrected chi connectivity index (χ4v) is 3.07. The average molecular weight is 322 g/mol. The van der Waals surface area contributed by atoms with Gasteiger partial charge in [-0.1, -0.05) is 68.4 Å². The van der Waals surface area contributed by atoms with Crippen LogP contribution in [0.4, 0.5) is 0 Å². The van der Waals surface area contributed by atoms with E-state index in [2.05, 4.69) is 96.1 Å². The molecule has 0 radical (unpaired) electrons. The highest BCUT2D eigenvalue weighted by Crippen LogP contribution is 2.37. The predicted molar refractivity (Wildman–Crippen MR) is 101 cm³/mol. The third kappa shape index (κ3) is 2.91. The molecular formula is C21H27BO2. The number of rotatable bonds is 3. The van der Waals surface area contributed by atoms with E-state index in [1.54, 1.807) is 0 Å². The van der Waals surface area contributed by atoms with Gasteiger partial charge in [-0.05, 0) is 44.3 Å². The predicted octanol–water partition coefficient (Wildman–Crippen LogP) is 4.31. The summed E-state index contributed by atoms with van der Waals surface area (Å²) in [6.45, 7) is 12.9. The molecule has 0 spiro atoms. The molecule has 0 bridgehead atoms. The van der Waals surface area contributed by atoms with Gasteiger partial charge in [-0.3, -0.25) is 0 Å². The lowest BCUT2D eigenvalue weighted by molar-refractivity contribution is 0.00578. The van der Waals surface area contributed by atoms with Gasteiger partial charge in [0.15, 0.2) is 0 Å². The minimum absolute atomic E-state index is 0.0685. The van der Waals surface area contributed by atoms with Crippen molar-refractivity contribution in [1.29, 1.82) is 0 Å². The maximum absolute atomic E-state index is 6.20. The van der Waals surface area contributed by atoms with E-state index in [1.807, 2.05) is 0 Å². The molecule has 0 N–H and O–H groups in total. The van der Waals surface area contributed by atoms with Crippen LogP contribution in [0, 0.1) is 0 Å². The molecule has 1 heterocycles. The van der Waals surface area contributed by atoms with Gasteiger partial charge in [0.2, 0.25) is 0 Å². The highest BCUT2D eigenvalue weighted by atomic mass is 16.7. The third-order valence-electron chi connectivity index (χ3n) is 5.63. The topological polar surface area (TPSA) is 18.5 Å². The second-order valence-electron chi connectivity index (χ2n) is 8.20. The third-order valence-corrected chi connectivity index (χ3v) is 5.63. The summed E-state index contributed by atoms with van der Waals surface area (Å²) in [5, 5.41) is 0. The Hall–Kier alpha value is -1.58. The van der Waals surface area contributed by atoms with Gasteiger partial charge in [-0.25, -0.2) is 0 Å². The van der Waals surface area contributed by atoms with E-state index in [0.717, 1.165) is 5.46 Å². The van der Waals surface area contributed by atoms with Crippen molar-refractivity contribution in [2.75, 3.05) is 0 Å². The summed E-state index contributed by atoms with van der Waals surface area (Å²) >= 11 is 0. The van der Waals surface area contributed by atoms with E-state index in [4.69, 9.17) is 9.31 Å². The largest absolute Gasteiger partial charge is 0.494 e. The second-order valence-corrected chi connectivity index (χ2v) is 8.20. The zero-order valence-corrected chi connectivity index (χ0v) is 15.6. The molecule has 2 nitrogen and oxygen atoms in total. The van der Waals surface area contributed by atoms with Crippen LogP contribution in [0.1, 0.15) is 52.7 Å². The molecule has 1 fully saturated rings. The van der Waals surface area contributed by atoms with Gasteiger partial charge in [-0.2, -0.15) is 0 Å². The van der Waals surface area contributed by atoms with E-state index in [1.165, 1.54) is 11.1 Å². The molecule has 1 aliphatic heterocycles. The van der Waals surface area contributed by atoms with E-state index in [0.29, 0.717) is 0 Å². The zero-order valence-electron chi connectivity index (χ0n) is 15.6. The zero-order chi connectivity index (χ0) is 17.6. The molecular weight excluding hydrogens is 295 g/mol. The minimum atomic E-state index is -0.318. The van der Waals surface area contributed by atoms with Crippen molar-refractivity contribution in [3.8, 4) is 0 Å². The summed E-state index contributed by atoms with van der Waals surface area (Å²) in [6, 6.07) is 19.2. The Morgan fingerprint density at radius 3 is 1.88 bits per heavy atom. The monoisotopic (exact) mass is 322 g/mol. The van der Waals surface area contributed by atoms with Crippen LogP contribution in [0.15, 0.2) is 54.6 Å². The van der Waals surface area contributed by atoms with Crippen LogP contribution in [0.2, 0.25) is 0 Å². The summed E-state index contributed by atoms with van der Waals surface area (Å²) in [6.07, 6.45) is 0. The summed E-state index contributed by atoms with van der Waals surface area (Å²) < 4.78 is 12.4. The van der Waals surface area contributed by atoms with Crippen molar-refractivity contribution in [3.63, 3.8) is 0 Å². The molecule has 1 aliphatic rings. The van der Waals surface area contributed by atoms with Gasteiger partial charge in [-0.15, -0.1) is 0 Å². The Balaban J connectivity index is 1.94. The van der Waals surface area contributed by atoms with Crippen molar-refractivity contribution < 1.29 is 9.31 Å². The summed E-state index contributed by atoms with van der Waals surface area (Å²) in [5.41, 5.74) is 2.94. The SMILES string of the molecule is CC(C)(c1ccccc1)c1cccc(B2OC(C)(C)C(C)(C)O2)c1. The second kappa shape index (κ2) is 5.75. The van der Waals surface area contributed by atoms with Crippen LogP contribution < -0.4 is 5.46 Å². The normalized spacial score (nSPS) is 19.5. The van der Waals surface area contributed by atoms with Crippen molar-refractivity contribution >= 4 is 12.6 Å². The molecule has 2 aromatic rings.